The maximum atomic E-state index is 12.4. The highest BCUT2D eigenvalue weighted by Crippen LogP contribution is 2.34. The molecule has 0 aromatic carbocycles. The van der Waals surface area contributed by atoms with Crippen LogP contribution in [-0.4, -0.2) is 28.9 Å². The lowest BCUT2D eigenvalue weighted by molar-refractivity contribution is 0.0730. The highest BCUT2D eigenvalue weighted by molar-refractivity contribution is 7.21. The summed E-state index contributed by atoms with van der Waals surface area (Å²) < 4.78 is 0.982. The Balaban J connectivity index is 1.98. The Bertz CT molecular complexity index is 587. The van der Waals surface area contributed by atoms with E-state index in [0.29, 0.717) is 10.6 Å². The maximum absolute atomic E-state index is 12.4. The van der Waals surface area contributed by atoms with Crippen molar-refractivity contribution in [3.63, 3.8) is 0 Å². The van der Waals surface area contributed by atoms with E-state index in [1.807, 2.05) is 11.0 Å². The zero-order valence-electron chi connectivity index (χ0n) is 10.1. The van der Waals surface area contributed by atoms with Gasteiger partial charge in [-0.05, 0) is 25.3 Å². The molecule has 1 amide bonds. The molecule has 0 radical (unpaired) electrons. The van der Waals surface area contributed by atoms with Gasteiger partial charge in [0, 0.05) is 30.9 Å². The minimum absolute atomic E-state index is 0.0772. The molecule has 1 aliphatic heterocycles. The van der Waals surface area contributed by atoms with Crippen LogP contribution in [0.25, 0.3) is 10.1 Å². The molecule has 0 saturated carbocycles. The summed E-state index contributed by atoms with van der Waals surface area (Å²) in [5.41, 5.74) is 6.69. The van der Waals surface area contributed by atoms with Gasteiger partial charge in [-0.25, -0.2) is 0 Å². The van der Waals surface area contributed by atoms with E-state index in [2.05, 4.69) is 4.98 Å². The normalized spacial score (nSPS) is 16.1. The summed E-state index contributed by atoms with van der Waals surface area (Å²) >= 11 is 1.45. The van der Waals surface area contributed by atoms with Crippen molar-refractivity contribution in [3.8, 4) is 0 Å². The number of piperidine rings is 1. The lowest BCUT2D eigenvalue weighted by Gasteiger charge is -2.26. The molecular weight excluding hydrogens is 246 g/mol. The summed E-state index contributed by atoms with van der Waals surface area (Å²) in [5.74, 6) is 0.0772. The van der Waals surface area contributed by atoms with Crippen LogP contribution in [0.5, 0.6) is 0 Å². The first kappa shape index (κ1) is 11.5. The Morgan fingerprint density at radius 1 is 1.33 bits per heavy atom. The van der Waals surface area contributed by atoms with Gasteiger partial charge in [0.1, 0.15) is 4.88 Å². The predicted molar refractivity (Wildman–Crippen MR) is 73.8 cm³/mol. The van der Waals surface area contributed by atoms with Crippen LogP contribution in [0, 0.1) is 0 Å². The number of hydrogen-bond acceptors (Lipinski definition) is 4. The minimum atomic E-state index is 0.0772. The monoisotopic (exact) mass is 261 g/mol. The number of hydrogen-bond donors (Lipinski definition) is 1. The van der Waals surface area contributed by atoms with Gasteiger partial charge in [-0.1, -0.05) is 0 Å². The molecule has 94 valence electrons. The molecule has 0 aliphatic carbocycles. The molecule has 18 heavy (non-hydrogen) atoms. The van der Waals surface area contributed by atoms with Crippen molar-refractivity contribution in [1.29, 1.82) is 0 Å². The molecule has 0 spiro atoms. The van der Waals surface area contributed by atoms with Crippen LogP contribution < -0.4 is 5.73 Å². The molecule has 1 aliphatic rings. The quantitative estimate of drug-likeness (QED) is 0.858. The van der Waals surface area contributed by atoms with Crippen molar-refractivity contribution in [2.75, 3.05) is 18.8 Å². The molecule has 2 N–H and O–H groups in total. The average molecular weight is 261 g/mol. The van der Waals surface area contributed by atoms with Crippen molar-refractivity contribution in [2.24, 2.45) is 0 Å². The molecule has 0 bridgehead atoms. The third-order valence-corrected chi connectivity index (χ3v) is 4.51. The molecule has 1 fully saturated rings. The number of anilines is 1. The van der Waals surface area contributed by atoms with Crippen LogP contribution in [-0.2, 0) is 0 Å². The highest BCUT2D eigenvalue weighted by atomic mass is 32.1. The number of nitrogens with zero attached hydrogens (tertiary/aromatic N) is 2. The van der Waals surface area contributed by atoms with E-state index in [-0.39, 0.29) is 5.91 Å². The van der Waals surface area contributed by atoms with Gasteiger partial charge in [0.2, 0.25) is 0 Å². The van der Waals surface area contributed by atoms with Crippen LogP contribution in [0.2, 0.25) is 0 Å². The molecule has 1 saturated heterocycles. The van der Waals surface area contributed by atoms with E-state index in [4.69, 9.17) is 5.73 Å². The van der Waals surface area contributed by atoms with E-state index in [0.717, 1.165) is 36.0 Å². The number of amides is 1. The standard InChI is InChI=1S/C13H15N3OS/c14-11-9-4-5-15-8-10(9)18-12(11)13(17)16-6-2-1-3-7-16/h4-5,8H,1-3,6-7,14H2. The first-order valence-corrected chi connectivity index (χ1v) is 7.00. The minimum Gasteiger partial charge on any atom is -0.397 e. The Morgan fingerprint density at radius 2 is 2.11 bits per heavy atom. The van der Waals surface area contributed by atoms with E-state index >= 15 is 0 Å². The van der Waals surface area contributed by atoms with Gasteiger partial charge in [0.25, 0.3) is 5.91 Å². The molecule has 0 unspecified atom stereocenters. The van der Waals surface area contributed by atoms with Gasteiger partial charge in [-0.3, -0.25) is 9.78 Å². The third kappa shape index (κ3) is 1.84. The van der Waals surface area contributed by atoms with E-state index in [1.165, 1.54) is 17.8 Å². The van der Waals surface area contributed by atoms with Gasteiger partial charge >= 0.3 is 0 Å². The molecule has 3 heterocycles. The second-order valence-corrected chi connectivity index (χ2v) is 5.62. The maximum Gasteiger partial charge on any atom is 0.266 e. The van der Waals surface area contributed by atoms with Crippen molar-refractivity contribution < 1.29 is 4.79 Å². The van der Waals surface area contributed by atoms with Crippen LogP contribution in [0.3, 0.4) is 0 Å². The molecule has 5 heteroatoms. The Hall–Kier alpha value is -1.62. The average Bonchev–Trinajstić information content (AvgIpc) is 2.77. The fourth-order valence-corrected chi connectivity index (χ4v) is 3.43. The number of fused-ring (bicyclic) bond motifs is 1. The molecule has 2 aromatic rings. The zero-order chi connectivity index (χ0) is 12.5. The number of nitrogen functional groups attached to an aromatic ring is 1. The van der Waals surface area contributed by atoms with Gasteiger partial charge in [-0.15, -0.1) is 11.3 Å². The molecule has 4 nitrogen and oxygen atoms in total. The number of carbonyl (C=O) groups is 1. The summed E-state index contributed by atoms with van der Waals surface area (Å²) in [4.78, 5) is 19.1. The topological polar surface area (TPSA) is 59.2 Å². The second-order valence-electron chi connectivity index (χ2n) is 4.57. The summed E-state index contributed by atoms with van der Waals surface area (Å²) in [6, 6.07) is 1.87. The molecule has 3 rings (SSSR count). The fourth-order valence-electron chi connectivity index (χ4n) is 2.37. The number of likely N-dealkylation sites (tertiary alicyclic amines) is 1. The van der Waals surface area contributed by atoms with Gasteiger partial charge in [-0.2, -0.15) is 0 Å². The lowest BCUT2D eigenvalue weighted by Crippen LogP contribution is -2.35. The van der Waals surface area contributed by atoms with E-state index < -0.39 is 0 Å². The first-order chi connectivity index (χ1) is 8.77. The zero-order valence-corrected chi connectivity index (χ0v) is 10.9. The Labute approximate surface area is 109 Å². The number of carbonyl (C=O) groups excluding carboxylic acids is 1. The molecule has 2 aromatic heterocycles. The molecular formula is C13H15N3OS. The van der Waals surface area contributed by atoms with E-state index in [1.54, 1.807) is 12.4 Å². The SMILES string of the molecule is Nc1c(C(=O)N2CCCCC2)sc2cnccc12. The van der Waals surface area contributed by atoms with Gasteiger partial charge < -0.3 is 10.6 Å². The second kappa shape index (κ2) is 4.57. The van der Waals surface area contributed by atoms with Gasteiger partial charge in [0.05, 0.1) is 10.4 Å². The summed E-state index contributed by atoms with van der Waals surface area (Å²) in [7, 11) is 0. The number of nitrogens with two attached hydrogens (primary N) is 1. The summed E-state index contributed by atoms with van der Waals surface area (Å²) in [5, 5.41) is 0.940. The van der Waals surface area contributed by atoms with Crippen LogP contribution >= 0.6 is 11.3 Å². The lowest BCUT2D eigenvalue weighted by atomic mass is 10.1. The van der Waals surface area contributed by atoms with Crippen molar-refractivity contribution in [3.05, 3.63) is 23.3 Å². The smallest absolute Gasteiger partial charge is 0.266 e. The highest BCUT2D eigenvalue weighted by Gasteiger charge is 2.23. The van der Waals surface area contributed by atoms with Crippen molar-refractivity contribution in [2.45, 2.75) is 19.3 Å². The van der Waals surface area contributed by atoms with E-state index in [9.17, 15) is 4.79 Å². The third-order valence-electron chi connectivity index (χ3n) is 3.37. The van der Waals surface area contributed by atoms with Crippen LogP contribution in [0.15, 0.2) is 18.5 Å². The largest absolute Gasteiger partial charge is 0.397 e. The molecule has 0 atom stereocenters. The van der Waals surface area contributed by atoms with Gasteiger partial charge in [0.15, 0.2) is 0 Å². The Morgan fingerprint density at radius 3 is 2.83 bits per heavy atom. The number of rotatable bonds is 1. The van der Waals surface area contributed by atoms with Crippen LogP contribution in [0.1, 0.15) is 28.9 Å². The van der Waals surface area contributed by atoms with Crippen molar-refractivity contribution >= 4 is 33.0 Å². The number of pyridine rings is 1. The first-order valence-electron chi connectivity index (χ1n) is 6.18. The number of aromatic nitrogens is 1. The fraction of sp³-hybridized carbons (Fsp3) is 0.385. The summed E-state index contributed by atoms with van der Waals surface area (Å²) in [6.45, 7) is 1.70. The number of thiophene rings is 1. The van der Waals surface area contributed by atoms with Crippen molar-refractivity contribution in [1.82, 2.24) is 9.88 Å². The summed E-state index contributed by atoms with van der Waals surface area (Å²) in [6.07, 6.45) is 6.88. The Kier molecular flexibility index (Phi) is 2.91. The predicted octanol–water partition coefficient (Wildman–Crippen LogP) is 2.50. The van der Waals surface area contributed by atoms with Crippen LogP contribution in [0.4, 0.5) is 5.69 Å².